The Kier molecular flexibility index (Phi) is 7.12. The lowest BCUT2D eigenvalue weighted by atomic mass is 10.1. The van der Waals surface area contributed by atoms with Crippen LogP contribution in [0.25, 0.3) is 0 Å². The largest absolute Gasteiger partial charge is 0.451 e. The Hall–Kier alpha value is -2.93. The summed E-state index contributed by atoms with van der Waals surface area (Å²) in [6.45, 7) is 4.80. The molecule has 1 atom stereocenters. The Labute approximate surface area is 167 Å². The highest BCUT2D eigenvalue weighted by atomic mass is 35.5. The average Bonchev–Trinajstić information content (AvgIpc) is 2.64. The van der Waals surface area contributed by atoms with Crippen LogP contribution in [-0.2, 0) is 14.3 Å². The van der Waals surface area contributed by atoms with Gasteiger partial charge in [0.1, 0.15) is 12.4 Å². The monoisotopic (exact) mass is 406 g/mol. The number of esters is 1. The van der Waals surface area contributed by atoms with E-state index in [4.69, 9.17) is 16.3 Å². The van der Waals surface area contributed by atoms with Crippen molar-refractivity contribution in [1.29, 1.82) is 0 Å². The number of anilines is 1. The van der Waals surface area contributed by atoms with Crippen LogP contribution in [0, 0.1) is 19.7 Å². The zero-order chi connectivity index (χ0) is 20.8. The summed E-state index contributed by atoms with van der Waals surface area (Å²) < 4.78 is 18.0. The smallest absolute Gasteiger partial charge is 0.326 e. The van der Waals surface area contributed by atoms with Gasteiger partial charge in [0.2, 0.25) is 0 Å². The van der Waals surface area contributed by atoms with Gasteiger partial charge in [0, 0.05) is 5.56 Å². The molecule has 0 heterocycles. The van der Waals surface area contributed by atoms with E-state index in [1.165, 1.54) is 13.0 Å². The van der Waals surface area contributed by atoms with E-state index in [1.54, 1.807) is 12.1 Å². The van der Waals surface area contributed by atoms with E-state index in [0.29, 0.717) is 5.56 Å². The number of benzene rings is 2. The van der Waals surface area contributed by atoms with Gasteiger partial charge in [0.25, 0.3) is 11.8 Å². The SMILES string of the molecule is Cc1ccc(C(=O)NCC(=O)O[C@H](C)C(=O)Nc2ccc(F)cc2Cl)cc1C. The Bertz CT molecular complexity index is 917. The first kappa shape index (κ1) is 21.4. The zero-order valence-electron chi connectivity index (χ0n) is 15.6. The highest BCUT2D eigenvalue weighted by Gasteiger charge is 2.19. The van der Waals surface area contributed by atoms with Crippen molar-refractivity contribution in [1.82, 2.24) is 5.32 Å². The van der Waals surface area contributed by atoms with Crippen molar-refractivity contribution in [2.45, 2.75) is 26.9 Å². The van der Waals surface area contributed by atoms with Gasteiger partial charge in [0.05, 0.1) is 10.7 Å². The molecule has 2 aromatic carbocycles. The van der Waals surface area contributed by atoms with E-state index in [-0.39, 0.29) is 17.3 Å². The van der Waals surface area contributed by atoms with Crippen LogP contribution in [0.3, 0.4) is 0 Å². The minimum Gasteiger partial charge on any atom is -0.451 e. The molecule has 2 N–H and O–H groups in total. The molecule has 28 heavy (non-hydrogen) atoms. The molecule has 0 aliphatic rings. The molecule has 0 spiro atoms. The molecule has 0 saturated carbocycles. The number of halogens is 2. The van der Waals surface area contributed by atoms with Crippen molar-refractivity contribution in [3.63, 3.8) is 0 Å². The van der Waals surface area contributed by atoms with E-state index in [9.17, 15) is 18.8 Å². The van der Waals surface area contributed by atoms with Crippen molar-refractivity contribution in [2.75, 3.05) is 11.9 Å². The molecule has 0 aromatic heterocycles. The molecule has 0 radical (unpaired) electrons. The minimum absolute atomic E-state index is 0.0209. The zero-order valence-corrected chi connectivity index (χ0v) is 16.4. The van der Waals surface area contributed by atoms with Crippen LogP contribution in [0.5, 0.6) is 0 Å². The van der Waals surface area contributed by atoms with Crippen molar-refractivity contribution >= 4 is 35.1 Å². The third kappa shape index (κ3) is 5.79. The topological polar surface area (TPSA) is 84.5 Å². The fourth-order valence-electron chi connectivity index (χ4n) is 2.25. The number of amides is 2. The van der Waals surface area contributed by atoms with Gasteiger partial charge in [0.15, 0.2) is 6.10 Å². The molecule has 2 rings (SSSR count). The van der Waals surface area contributed by atoms with Crippen LogP contribution in [0.15, 0.2) is 36.4 Å². The number of ether oxygens (including phenoxy) is 1. The Morgan fingerprint density at radius 3 is 2.46 bits per heavy atom. The molecule has 0 saturated heterocycles. The third-order valence-corrected chi connectivity index (χ3v) is 4.34. The summed E-state index contributed by atoms with van der Waals surface area (Å²) >= 11 is 5.84. The third-order valence-electron chi connectivity index (χ3n) is 4.03. The Balaban J connectivity index is 1.85. The normalized spacial score (nSPS) is 11.5. The van der Waals surface area contributed by atoms with Gasteiger partial charge in [-0.05, 0) is 62.2 Å². The first-order chi connectivity index (χ1) is 13.2. The van der Waals surface area contributed by atoms with Crippen LogP contribution in [0.1, 0.15) is 28.4 Å². The van der Waals surface area contributed by atoms with Crippen LogP contribution in [0.4, 0.5) is 10.1 Å². The predicted octanol–water partition coefficient (Wildman–Crippen LogP) is 3.40. The fraction of sp³-hybridized carbons (Fsp3) is 0.250. The molecule has 0 aliphatic heterocycles. The average molecular weight is 407 g/mol. The van der Waals surface area contributed by atoms with E-state index in [1.807, 2.05) is 19.9 Å². The van der Waals surface area contributed by atoms with Gasteiger partial charge < -0.3 is 15.4 Å². The maximum absolute atomic E-state index is 13.0. The van der Waals surface area contributed by atoms with Gasteiger partial charge >= 0.3 is 5.97 Å². The molecule has 0 fully saturated rings. The number of carbonyl (C=O) groups is 3. The van der Waals surface area contributed by atoms with Crippen LogP contribution in [0.2, 0.25) is 5.02 Å². The molecule has 8 heteroatoms. The highest BCUT2D eigenvalue weighted by Crippen LogP contribution is 2.22. The number of nitrogens with one attached hydrogen (secondary N) is 2. The van der Waals surface area contributed by atoms with Gasteiger partial charge in [-0.25, -0.2) is 4.39 Å². The van der Waals surface area contributed by atoms with Crippen LogP contribution >= 0.6 is 11.6 Å². The molecule has 148 valence electrons. The van der Waals surface area contributed by atoms with Gasteiger partial charge in [-0.3, -0.25) is 14.4 Å². The predicted molar refractivity (Wildman–Crippen MR) is 104 cm³/mol. The lowest BCUT2D eigenvalue weighted by molar-refractivity contribution is -0.152. The maximum Gasteiger partial charge on any atom is 0.326 e. The lowest BCUT2D eigenvalue weighted by Gasteiger charge is -2.14. The van der Waals surface area contributed by atoms with E-state index in [2.05, 4.69) is 10.6 Å². The first-order valence-electron chi connectivity index (χ1n) is 8.48. The highest BCUT2D eigenvalue weighted by molar-refractivity contribution is 6.33. The minimum atomic E-state index is -1.13. The fourth-order valence-corrected chi connectivity index (χ4v) is 2.47. The summed E-state index contributed by atoms with van der Waals surface area (Å²) in [5, 5.41) is 4.91. The number of aryl methyl sites for hydroxylation is 2. The summed E-state index contributed by atoms with van der Waals surface area (Å²) in [6.07, 6.45) is -1.13. The van der Waals surface area contributed by atoms with Gasteiger partial charge in [-0.1, -0.05) is 17.7 Å². The van der Waals surface area contributed by atoms with Crippen LogP contribution < -0.4 is 10.6 Å². The van der Waals surface area contributed by atoms with E-state index in [0.717, 1.165) is 23.3 Å². The second-order valence-corrected chi connectivity index (χ2v) is 6.63. The molecule has 2 aromatic rings. The van der Waals surface area contributed by atoms with Crippen LogP contribution in [-0.4, -0.2) is 30.4 Å². The number of hydrogen-bond acceptors (Lipinski definition) is 4. The van der Waals surface area contributed by atoms with Crippen molar-refractivity contribution in [3.05, 3.63) is 63.9 Å². The molecule has 0 bridgehead atoms. The number of rotatable bonds is 6. The van der Waals surface area contributed by atoms with E-state index < -0.39 is 29.7 Å². The van der Waals surface area contributed by atoms with Crippen molar-refractivity contribution in [2.24, 2.45) is 0 Å². The molecular weight excluding hydrogens is 387 g/mol. The van der Waals surface area contributed by atoms with E-state index >= 15 is 0 Å². The summed E-state index contributed by atoms with van der Waals surface area (Å²) in [5.74, 6) is -2.37. The molecular formula is C20H20ClFN2O4. The van der Waals surface area contributed by atoms with Gasteiger partial charge in [-0.2, -0.15) is 0 Å². The molecule has 6 nitrogen and oxygen atoms in total. The maximum atomic E-state index is 13.0. The molecule has 0 aliphatic carbocycles. The Morgan fingerprint density at radius 1 is 1.11 bits per heavy atom. The quantitative estimate of drug-likeness (QED) is 0.720. The molecule has 2 amide bonds. The summed E-state index contributed by atoms with van der Waals surface area (Å²) in [6, 6.07) is 8.68. The standard InChI is InChI=1S/C20H20ClFN2O4/c1-11-4-5-14(8-12(11)2)20(27)23-10-18(25)28-13(3)19(26)24-17-7-6-15(22)9-16(17)21/h4-9,13H,10H2,1-3H3,(H,23,27)(H,24,26)/t13-/m1/s1. The van der Waals surface area contributed by atoms with Crippen molar-refractivity contribution in [3.8, 4) is 0 Å². The summed E-state index contributed by atoms with van der Waals surface area (Å²) in [5.41, 5.74) is 2.63. The first-order valence-corrected chi connectivity index (χ1v) is 8.86. The summed E-state index contributed by atoms with van der Waals surface area (Å²) in [7, 11) is 0. The second kappa shape index (κ2) is 9.32. The second-order valence-electron chi connectivity index (χ2n) is 6.23. The number of hydrogen-bond donors (Lipinski definition) is 2. The molecule has 0 unspecified atom stereocenters. The number of carbonyl (C=O) groups excluding carboxylic acids is 3. The lowest BCUT2D eigenvalue weighted by Crippen LogP contribution is -2.35. The van der Waals surface area contributed by atoms with Gasteiger partial charge in [-0.15, -0.1) is 0 Å². The summed E-state index contributed by atoms with van der Waals surface area (Å²) in [4.78, 5) is 36.1. The Morgan fingerprint density at radius 2 is 1.82 bits per heavy atom. The van der Waals surface area contributed by atoms with Crippen molar-refractivity contribution < 1.29 is 23.5 Å².